The van der Waals surface area contributed by atoms with E-state index >= 15 is 0 Å². The fraction of sp³-hybridized carbons (Fsp3) is 0.0636. The Balaban J connectivity index is 0.000000117. The Hall–Kier alpha value is -18.6. The van der Waals surface area contributed by atoms with Crippen molar-refractivity contribution >= 4 is 22.4 Å². The van der Waals surface area contributed by atoms with Gasteiger partial charge >= 0.3 is 0 Å². The highest BCUT2D eigenvalue weighted by Crippen LogP contribution is 2.33. The molecule has 0 aliphatic carbocycles. The summed E-state index contributed by atoms with van der Waals surface area (Å²) in [5, 5.41) is 78.7. The quantitative estimate of drug-likeness (QED) is 0.0519. The van der Waals surface area contributed by atoms with E-state index < -0.39 is 0 Å². The molecule has 26 nitrogen and oxygen atoms in total. The van der Waals surface area contributed by atoms with Gasteiger partial charge in [-0.1, -0.05) is 230 Å². The lowest BCUT2D eigenvalue weighted by Gasteiger charge is -2.08. The van der Waals surface area contributed by atoms with E-state index in [-0.39, 0.29) is 34.6 Å². The average Bonchev–Trinajstić information content (AvgIpc) is 1.55. The van der Waals surface area contributed by atoms with Gasteiger partial charge in [-0.3, -0.25) is 0 Å². The van der Waals surface area contributed by atoms with Crippen LogP contribution in [0.4, 0.5) is 8.78 Å². The number of nitrogens with zero attached hydrogens (tertiary/aromatic N) is 22. The van der Waals surface area contributed by atoms with E-state index in [9.17, 15) is 34.5 Å². The minimum absolute atomic E-state index is 0.207. The summed E-state index contributed by atoms with van der Waals surface area (Å²) < 4.78 is 39.7. The normalized spacial score (nSPS) is 10.6. The van der Waals surface area contributed by atoms with Gasteiger partial charge in [0.05, 0.1) is 57.4 Å². The first kappa shape index (κ1) is 93.6. The van der Waals surface area contributed by atoms with Gasteiger partial charge in [-0.2, -0.15) is 41.0 Å². The van der Waals surface area contributed by atoms with Crippen LogP contribution >= 0.6 is 11.6 Å². The predicted molar refractivity (Wildman–Crippen MR) is 531 cm³/mol. The van der Waals surface area contributed by atoms with Crippen molar-refractivity contribution in [2.75, 3.05) is 0 Å². The SMILES string of the molecule is Clc1ccc(-c2cccc(Cn3cncn3)c2)cc1.Fc1ccc(-c2ccccc2)cc1Cn1cncn1.N#Cc1ccc(-c2cccc(O)c2)cc1Cn1cncn1.Oc1ccc(-c2ccc(F)c(Cn3cncn3)c2)cc1.Oc1ccc(-c2cccc(Cn3cncn3)c2)cc1.Oc1cccc(-c2cccc(Cn3cncn3)c2)c1.c1cc(Cn2cncn2)cc(-c2ccc3ccccc3c2)c1. The summed E-state index contributed by atoms with van der Waals surface area (Å²) >= 11 is 5.91. The molecular weight excluding hydrogens is 1770 g/mol. The number of phenolic OH excluding ortho intramolecular Hbond substituents is 4. The van der Waals surface area contributed by atoms with Gasteiger partial charge in [0.15, 0.2) is 0 Å². The summed E-state index contributed by atoms with van der Waals surface area (Å²) in [6.45, 7) is 4.04. The van der Waals surface area contributed by atoms with Crippen molar-refractivity contribution in [2.45, 2.75) is 45.8 Å². The van der Waals surface area contributed by atoms with Crippen LogP contribution in [0.25, 0.3) is 88.7 Å². The van der Waals surface area contributed by atoms with E-state index in [0.29, 0.717) is 49.4 Å². The van der Waals surface area contributed by atoms with E-state index in [1.165, 1.54) is 82.4 Å². The first-order valence-corrected chi connectivity index (χ1v) is 44.2. The third-order valence-electron chi connectivity index (χ3n) is 21.8. The van der Waals surface area contributed by atoms with Crippen LogP contribution < -0.4 is 0 Å². The smallest absolute Gasteiger partial charge is 0.137 e. The lowest BCUT2D eigenvalue weighted by Crippen LogP contribution is -2.02. The Kier molecular flexibility index (Phi) is 31.7. The molecule has 0 amide bonds. The Bertz CT molecular complexity index is 7510. The molecule has 22 aromatic rings. The molecule has 0 bridgehead atoms. The van der Waals surface area contributed by atoms with Crippen LogP contribution in [-0.4, -0.2) is 124 Å². The second-order valence-corrected chi connectivity index (χ2v) is 32.1. The van der Waals surface area contributed by atoms with E-state index in [4.69, 9.17) is 11.6 Å². The van der Waals surface area contributed by atoms with Crippen molar-refractivity contribution in [2.24, 2.45) is 0 Å². The van der Waals surface area contributed by atoms with E-state index in [1.54, 1.807) is 176 Å². The molecule has 684 valence electrons. The molecular formula is C110H89ClF2N22O4. The van der Waals surface area contributed by atoms with Crippen molar-refractivity contribution in [1.82, 2.24) is 103 Å². The van der Waals surface area contributed by atoms with Gasteiger partial charge in [0, 0.05) is 16.1 Å². The first-order valence-electron chi connectivity index (χ1n) is 43.8. The number of aromatic hydroxyl groups is 4. The summed E-state index contributed by atoms with van der Waals surface area (Å²) in [6, 6.07) is 112. The van der Waals surface area contributed by atoms with E-state index in [2.05, 4.69) is 192 Å². The number of aromatic nitrogens is 21. The molecule has 7 aromatic heterocycles. The van der Waals surface area contributed by atoms with Gasteiger partial charge in [-0.15, -0.1) is 0 Å². The Morgan fingerprint density at radius 2 is 0.496 bits per heavy atom. The van der Waals surface area contributed by atoms with Gasteiger partial charge in [-0.25, -0.2) is 76.4 Å². The Morgan fingerprint density at radius 1 is 0.230 bits per heavy atom. The third-order valence-corrected chi connectivity index (χ3v) is 22.0. The van der Waals surface area contributed by atoms with Crippen molar-refractivity contribution in [3.8, 4) is 107 Å². The van der Waals surface area contributed by atoms with Crippen molar-refractivity contribution in [1.29, 1.82) is 5.26 Å². The Labute approximate surface area is 803 Å². The molecule has 0 saturated carbocycles. The number of hydrogen-bond acceptors (Lipinski definition) is 19. The van der Waals surface area contributed by atoms with Gasteiger partial charge in [0.2, 0.25) is 0 Å². The number of hydrogen-bond donors (Lipinski definition) is 4. The summed E-state index contributed by atoms with van der Waals surface area (Å²) in [5.74, 6) is 0.480. The molecule has 0 spiro atoms. The molecule has 0 saturated heterocycles. The zero-order valence-electron chi connectivity index (χ0n) is 74.7. The largest absolute Gasteiger partial charge is 0.508 e. The molecule has 0 aliphatic heterocycles. The highest BCUT2D eigenvalue weighted by atomic mass is 35.5. The summed E-state index contributed by atoms with van der Waals surface area (Å²) in [6.07, 6.45) is 22.1. The van der Waals surface area contributed by atoms with E-state index in [0.717, 1.165) is 96.0 Å². The Morgan fingerprint density at radius 3 is 0.856 bits per heavy atom. The fourth-order valence-corrected chi connectivity index (χ4v) is 15.1. The minimum atomic E-state index is -0.275. The zero-order valence-corrected chi connectivity index (χ0v) is 75.5. The molecule has 15 aromatic carbocycles. The number of phenols is 4. The topological polar surface area (TPSA) is 320 Å². The maximum atomic E-state index is 13.8. The highest BCUT2D eigenvalue weighted by Gasteiger charge is 2.14. The molecule has 7 heterocycles. The number of rotatable bonds is 21. The van der Waals surface area contributed by atoms with Crippen LogP contribution in [-0.2, 0) is 45.8 Å². The van der Waals surface area contributed by atoms with Crippen LogP contribution in [0, 0.1) is 23.0 Å². The lowest BCUT2D eigenvalue weighted by molar-refractivity contribution is 0.475. The lowest BCUT2D eigenvalue weighted by atomic mass is 9.99. The number of fused-ring (bicyclic) bond motifs is 1. The molecule has 29 heteroatoms. The van der Waals surface area contributed by atoms with E-state index in [1.807, 2.05) is 132 Å². The molecule has 139 heavy (non-hydrogen) atoms. The van der Waals surface area contributed by atoms with Crippen LogP contribution in [0.15, 0.2) is 434 Å². The molecule has 0 radical (unpaired) electrons. The minimum Gasteiger partial charge on any atom is -0.508 e. The molecule has 0 fully saturated rings. The third kappa shape index (κ3) is 27.3. The maximum absolute atomic E-state index is 13.8. The average molecular weight is 1860 g/mol. The molecule has 22 rings (SSSR count). The number of nitriles is 1. The fourth-order valence-electron chi connectivity index (χ4n) is 15.0. The van der Waals surface area contributed by atoms with Gasteiger partial charge in [0.25, 0.3) is 0 Å². The molecule has 0 aliphatic rings. The summed E-state index contributed by atoms with van der Waals surface area (Å²) in [5.41, 5.74) is 22.1. The van der Waals surface area contributed by atoms with Gasteiger partial charge < -0.3 is 20.4 Å². The van der Waals surface area contributed by atoms with Crippen LogP contribution in [0.1, 0.15) is 44.5 Å². The summed E-state index contributed by atoms with van der Waals surface area (Å²) in [7, 11) is 0. The van der Waals surface area contributed by atoms with Crippen molar-refractivity contribution in [3.05, 3.63) is 496 Å². The van der Waals surface area contributed by atoms with Crippen molar-refractivity contribution < 1.29 is 29.2 Å². The highest BCUT2D eigenvalue weighted by molar-refractivity contribution is 6.30. The summed E-state index contributed by atoms with van der Waals surface area (Å²) in [4.78, 5) is 27.4. The number of benzene rings is 15. The maximum Gasteiger partial charge on any atom is 0.137 e. The monoisotopic (exact) mass is 1850 g/mol. The van der Waals surface area contributed by atoms with Crippen LogP contribution in [0.5, 0.6) is 23.0 Å². The second kappa shape index (κ2) is 47.1. The standard InChI is InChI=1S/C19H15N3.C16H12N4O.C15H12ClN3.C15H12FN3O.C15H12FN3.2C15H13N3O/c1-2-6-18-11-19(9-8-16(18)5-1)17-7-3-4-15(10-17)12-22-14-20-13-21-22;17-8-14-5-4-13(12-2-1-3-16(21)7-12)6-15(14)9-20-11-18-10-19-20;16-15-6-4-13(5-7-15)14-3-1-2-12(8-14)9-19-11-17-10-18-19;16-15-6-3-12(11-1-4-14(20)5-2-11)7-13(15)8-19-10-17-9-18-19;16-15-7-6-13(12-4-2-1-3-5-12)8-14(15)9-19-11-17-10-18-19;19-15-6-2-5-14(8-15)13-4-1-3-12(7-13)9-18-11-16-10-17-18;19-15-6-4-13(5-7-15)14-3-1-2-12(8-14)9-18-11-16-10-17-18/h1-11,13-14H,12H2;1-7,10-11,21H,9H2;1-8,10-11H,9H2;1-7,9-10,20H,8H2;1-8,10-11H,9H2;2*1-8,10-11,19H,9H2. The van der Waals surface area contributed by atoms with Gasteiger partial charge in [-0.05, 0) is 244 Å². The molecule has 4 N–H and O–H groups in total. The predicted octanol–water partition coefficient (Wildman–Crippen LogP) is 21.7. The zero-order chi connectivity index (χ0) is 95.7. The molecule has 0 atom stereocenters. The molecule has 0 unspecified atom stereocenters. The first-order chi connectivity index (χ1) is 68.1. The van der Waals surface area contributed by atoms with Crippen molar-refractivity contribution in [3.63, 3.8) is 0 Å². The van der Waals surface area contributed by atoms with Crippen LogP contribution in [0.3, 0.4) is 0 Å². The second-order valence-electron chi connectivity index (χ2n) is 31.7. The van der Waals surface area contributed by atoms with Crippen LogP contribution in [0.2, 0.25) is 5.02 Å². The van der Waals surface area contributed by atoms with Gasteiger partial charge in [0.1, 0.15) is 123 Å². The number of halogens is 3.